The predicted octanol–water partition coefficient (Wildman–Crippen LogP) is 4.17. The largest absolute Gasteiger partial charge is 0.507 e. The zero-order valence-corrected chi connectivity index (χ0v) is 16.8. The van der Waals surface area contributed by atoms with E-state index >= 15 is 0 Å². The van der Waals surface area contributed by atoms with Crippen LogP contribution < -0.4 is 9.64 Å². The van der Waals surface area contributed by atoms with Gasteiger partial charge in [-0.05, 0) is 36.8 Å². The number of carbonyl (C=O) groups excluding carboxylic acids is 2. The molecule has 1 aliphatic heterocycles. The zero-order valence-electron chi connectivity index (χ0n) is 16.8. The van der Waals surface area contributed by atoms with Crippen molar-refractivity contribution in [3.8, 4) is 5.75 Å². The third-order valence-electron chi connectivity index (χ3n) is 4.92. The summed E-state index contributed by atoms with van der Waals surface area (Å²) in [6.45, 7) is 5.65. The molecule has 4 rings (SSSR count). The highest BCUT2D eigenvalue weighted by Crippen LogP contribution is 2.41. The Morgan fingerprint density at radius 1 is 1.19 bits per heavy atom. The highest BCUT2D eigenvalue weighted by molar-refractivity contribution is 6.51. The molecule has 1 N–H and O–H groups in total. The molecule has 31 heavy (non-hydrogen) atoms. The Morgan fingerprint density at radius 3 is 2.52 bits per heavy atom. The van der Waals surface area contributed by atoms with Gasteiger partial charge in [0.05, 0.1) is 11.6 Å². The number of aliphatic hydroxyl groups is 1. The average Bonchev–Trinajstić information content (AvgIpc) is 3.33. The lowest BCUT2D eigenvalue weighted by Crippen LogP contribution is -2.29. The normalized spacial score (nSPS) is 17.7. The standard InChI is InChI=1S/C24H20N2O5/c1-3-13-30-18-11-9-17(10-12-18)22(27)20-21(16-7-5-4-6-8-16)26(24(29)23(20)28)19-14-15(2)31-25-19/h3-12,14,21,27H,1,13H2,2H3/b22-20+. The molecule has 1 unspecified atom stereocenters. The van der Waals surface area contributed by atoms with E-state index in [1.165, 1.54) is 4.90 Å². The molecule has 156 valence electrons. The summed E-state index contributed by atoms with van der Waals surface area (Å²) in [5.41, 5.74) is 1.03. The number of aliphatic hydroxyl groups excluding tert-OH is 1. The maximum absolute atomic E-state index is 13.0. The zero-order chi connectivity index (χ0) is 22.0. The molecule has 0 bridgehead atoms. The minimum atomic E-state index is -0.845. The molecule has 7 nitrogen and oxygen atoms in total. The Labute approximate surface area is 178 Å². The SMILES string of the molecule is C=CCOc1ccc(/C(O)=C2\C(=O)C(=O)N(c3cc(C)on3)C2c2ccccc2)cc1. The van der Waals surface area contributed by atoms with Crippen LogP contribution in [0.3, 0.4) is 0 Å². The van der Waals surface area contributed by atoms with Gasteiger partial charge in [-0.15, -0.1) is 0 Å². The summed E-state index contributed by atoms with van der Waals surface area (Å²) >= 11 is 0. The second kappa shape index (κ2) is 8.31. The molecular weight excluding hydrogens is 396 g/mol. The van der Waals surface area contributed by atoms with Crippen LogP contribution in [0.4, 0.5) is 5.82 Å². The molecule has 1 amide bonds. The lowest BCUT2D eigenvalue weighted by Gasteiger charge is -2.22. The number of hydrogen-bond acceptors (Lipinski definition) is 6. The van der Waals surface area contributed by atoms with Gasteiger partial charge >= 0.3 is 5.91 Å². The number of ketones is 1. The van der Waals surface area contributed by atoms with E-state index in [1.54, 1.807) is 67.6 Å². The smallest absolute Gasteiger partial charge is 0.301 e. The summed E-state index contributed by atoms with van der Waals surface area (Å²) in [6, 6.07) is 16.3. The van der Waals surface area contributed by atoms with Gasteiger partial charge in [0, 0.05) is 11.6 Å². The van der Waals surface area contributed by atoms with E-state index in [-0.39, 0.29) is 17.2 Å². The molecule has 1 atom stereocenters. The molecule has 0 spiro atoms. The molecular formula is C24H20N2O5. The van der Waals surface area contributed by atoms with Gasteiger partial charge in [-0.2, -0.15) is 0 Å². The second-order valence-corrected chi connectivity index (χ2v) is 7.00. The maximum atomic E-state index is 13.0. The van der Waals surface area contributed by atoms with Crippen LogP contribution in [0.15, 0.2) is 83.4 Å². The highest BCUT2D eigenvalue weighted by Gasteiger charge is 2.48. The molecule has 1 aromatic heterocycles. The monoisotopic (exact) mass is 416 g/mol. The second-order valence-electron chi connectivity index (χ2n) is 7.00. The van der Waals surface area contributed by atoms with E-state index in [2.05, 4.69) is 11.7 Å². The first-order chi connectivity index (χ1) is 15.0. The summed E-state index contributed by atoms with van der Waals surface area (Å²) in [5, 5.41) is 15.0. The number of benzene rings is 2. The summed E-state index contributed by atoms with van der Waals surface area (Å²) in [7, 11) is 0. The van der Waals surface area contributed by atoms with Crippen LogP contribution in [-0.4, -0.2) is 28.6 Å². The maximum Gasteiger partial charge on any atom is 0.301 e. The van der Waals surface area contributed by atoms with E-state index in [0.29, 0.717) is 29.2 Å². The Morgan fingerprint density at radius 2 is 1.90 bits per heavy atom. The van der Waals surface area contributed by atoms with E-state index in [0.717, 1.165) is 0 Å². The summed E-state index contributed by atoms with van der Waals surface area (Å²) in [6.07, 6.45) is 1.63. The van der Waals surface area contributed by atoms with Crippen molar-refractivity contribution in [1.29, 1.82) is 0 Å². The molecule has 7 heteroatoms. The lowest BCUT2D eigenvalue weighted by molar-refractivity contribution is -0.132. The Kier molecular flexibility index (Phi) is 5.41. The first-order valence-corrected chi connectivity index (χ1v) is 9.64. The van der Waals surface area contributed by atoms with E-state index in [1.807, 2.05) is 6.07 Å². The van der Waals surface area contributed by atoms with Crippen molar-refractivity contribution in [1.82, 2.24) is 5.16 Å². The molecule has 1 fully saturated rings. The van der Waals surface area contributed by atoms with E-state index in [4.69, 9.17) is 9.26 Å². The van der Waals surface area contributed by atoms with Crippen molar-refractivity contribution in [2.24, 2.45) is 0 Å². The fourth-order valence-corrected chi connectivity index (χ4v) is 3.51. The number of Topliss-reactive ketones (excluding diaryl/α,β-unsaturated/α-hetero) is 1. The van der Waals surface area contributed by atoms with Crippen LogP contribution in [0, 0.1) is 6.92 Å². The van der Waals surface area contributed by atoms with Crippen molar-refractivity contribution in [3.63, 3.8) is 0 Å². The summed E-state index contributed by atoms with van der Waals surface area (Å²) in [5.74, 6) is -0.548. The third kappa shape index (κ3) is 3.73. The molecule has 2 aromatic carbocycles. The number of anilines is 1. The fraction of sp³-hybridized carbons (Fsp3) is 0.125. The topological polar surface area (TPSA) is 92.9 Å². The number of hydrogen-bond donors (Lipinski definition) is 1. The molecule has 1 saturated heterocycles. The number of aryl methyl sites for hydroxylation is 1. The van der Waals surface area contributed by atoms with Crippen LogP contribution in [0.5, 0.6) is 5.75 Å². The Bertz CT molecular complexity index is 1160. The molecule has 0 aliphatic carbocycles. The van der Waals surface area contributed by atoms with Crippen LogP contribution in [-0.2, 0) is 9.59 Å². The van der Waals surface area contributed by atoms with Gasteiger partial charge in [0.25, 0.3) is 5.78 Å². The number of ether oxygens (including phenoxy) is 1. The predicted molar refractivity (Wildman–Crippen MR) is 115 cm³/mol. The number of amides is 1. The van der Waals surface area contributed by atoms with Gasteiger partial charge in [-0.1, -0.05) is 48.1 Å². The Hall–Kier alpha value is -4.13. The van der Waals surface area contributed by atoms with Gasteiger partial charge in [-0.3, -0.25) is 14.5 Å². The van der Waals surface area contributed by atoms with Crippen molar-refractivity contribution >= 4 is 23.3 Å². The van der Waals surface area contributed by atoms with Crippen molar-refractivity contribution in [2.45, 2.75) is 13.0 Å². The van der Waals surface area contributed by atoms with Gasteiger partial charge < -0.3 is 14.4 Å². The Balaban J connectivity index is 1.83. The van der Waals surface area contributed by atoms with E-state index < -0.39 is 17.7 Å². The van der Waals surface area contributed by atoms with Gasteiger partial charge in [-0.25, -0.2) is 0 Å². The molecule has 0 radical (unpaired) electrons. The quantitative estimate of drug-likeness (QED) is 0.281. The minimum absolute atomic E-state index is 0.0170. The van der Waals surface area contributed by atoms with E-state index in [9.17, 15) is 14.7 Å². The average molecular weight is 416 g/mol. The van der Waals surface area contributed by atoms with Gasteiger partial charge in [0.2, 0.25) is 0 Å². The van der Waals surface area contributed by atoms with Crippen LogP contribution in [0.1, 0.15) is 22.9 Å². The van der Waals surface area contributed by atoms with Gasteiger partial charge in [0.15, 0.2) is 5.82 Å². The molecule has 3 aromatic rings. The summed E-state index contributed by atoms with van der Waals surface area (Å²) < 4.78 is 10.6. The number of rotatable bonds is 6. The summed E-state index contributed by atoms with van der Waals surface area (Å²) in [4.78, 5) is 27.2. The fourth-order valence-electron chi connectivity index (χ4n) is 3.51. The first-order valence-electron chi connectivity index (χ1n) is 9.64. The number of aromatic nitrogens is 1. The van der Waals surface area contributed by atoms with Crippen LogP contribution in [0.25, 0.3) is 5.76 Å². The van der Waals surface area contributed by atoms with Crippen LogP contribution in [0.2, 0.25) is 0 Å². The molecule has 0 saturated carbocycles. The third-order valence-corrected chi connectivity index (χ3v) is 4.92. The van der Waals surface area contributed by atoms with Gasteiger partial charge in [0.1, 0.15) is 23.9 Å². The van der Waals surface area contributed by atoms with Crippen molar-refractivity contribution < 1.29 is 24.0 Å². The van der Waals surface area contributed by atoms with Crippen molar-refractivity contribution in [3.05, 3.63) is 95.8 Å². The first kappa shape index (κ1) is 20.2. The highest BCUT2D eigenvalue weighted by atomic mass is 16.5. The number of carbonyl (C=O) groups is 2. The number of nitrogens with zero attached hydrogens (tertiary/aromatic N) is 2. The molecule has 1 aliphatic rings. The van der Waals surface area contributed by atoms with Crippen LogP contribution >= 0.6 is 0 Å². The van der Waals surface area contributed by atoms with Crippen molar-refractivity contribution in [2.75, 3.05) is 11.5 Å². The molecule has 2 heterocycles. The lowest BCUT2D eigenvalue weighted by atomic mass is 9.95. The minimum Gasteiger partial charge on any atom is -0.507 e.